The number of aromatic carboxylic acids is 1. The minimum absolute atomic E-state index is 0.128. The smallest absolute Gasteiger partial charge is 0.335 e. The Morgan fingerprint density at radius 2 is 1.77 bits per heavy atom. The van der Waals surface area contributed by atoms with Crippen LogP contribution < -0.4 is 19.6 Å². The molecule has 4 aromatic rings. The lowest BCUT2D eigenvalue weighted by molar-refractivity contribution is 0.0696. The number of hydrazone groups is 1. The molecule has 40 heavy (non-hydrogen) atoms. The highest BCUT2D eigenvalue weighted by molar-refractivity contribution is 5.97. The van der Waals surface area contributed by atoms with Crippen LogP contribution in [-0.4, -0.2) is 36.4 Å². The van der Waals surface area contributed by atoms with Crippen molar-refractivity contribution in [2.24, 2.45) is 5.10 Å². The summed E-state index contributed by atoms with van der Waals surface area (Å²) >= 11 is 0. The van der Waals surface area contributed by atoms with Crippen LogP contribution >= 0.6 is 0 Å². The van der Waals surface area contributed by atoms with E-state index in [0.29, 0.717) is 48.0 Å². The van der Waals surface area contributed by atoms with Crippen molar-refractivity contribution in [3.8, 4) is 17.2 Å². The Hall–Kier alpha value is -5.05. The summed E-state index contributed by atoms with van der Waals surface area (Å²) in [6.07, 6.45) is 3.77. The van der Waals surface area contributed by atoms with Crippen molar-refractivity contribution >= 4 is 29.1 Å². The standard InChI is InChI=1S/C31H30N2O7/c1-4-7-23-14-21(15-27(38-6-3)29(23)39-19-20-8-10-22(11-9-20)31(35)36)18-32-33-30(34)28-17-24-16-25(37-5-2)12-13-26(24)40-28/h4,8-18H,1,5-7,19H2,2-3H3,(H,33,34)(H,35,36)/b32-18+. The average molecular weight is 543 g/mol. The quantitative estimate of drug-likeness (QED) is 0.121. The van der Waals surface area contributed by atoms with Crippen molar-refractivity contribution in [2.45, 2.75) is 26.9 Å². The molecule has 0 aliphatic carbocycles. The van der Waals surface area contributed by atoms with Crippen molar-refractivity contribution in [3.05, 3.63) is 101 Å². The normalized spacial score (nSPS) is 10.9. The molecule has 9 heteroatoms. The maximum Gasteiger partial charge on any atom is 0.335 e. The number of carbonyl (C=O) groups excluding carboxylic acids is 1. The maximum atomic E-state index is 12.6. The van der Waals surface area contributed by atoms with Crippen molar-refractivity contribution in [1.82, 2.24) is 5.43 Å². The van der Waals surface area contributed by atoms with E-state index in [1.165, 1.54) is 18.3 Å². The first-order chi connectivity index (χ1) is 19.4. The van der Waals surface area contributed by atoms with Crippen LogP contribution in [0.3, 0.4) is 0 Å². The topological polar surface area (TPSA) is 120 Å². The maximum absolute atomic E-state index is 12.6. The fourth-order valence-electron chi connectivity index (χ4n) is 4.00. The number of benzene rings is 3. The molecule has 0 aliphatic rings. The molecule has 0 atom stereocenters. The first-order valence-electron chi connectivity index (χ1n) is 12.8. The van der Waals surface area contributed by atoms with Crippen LogP contribution in [0, 0.1) is 0 Å². The van der Waals surface area contributed by atoms with E-state index in [1.54, 1.807) is 42.5 Å². The van der Waals surface area contributed by atoms with Gasteiger partial charge in [-0.25, -0.2) is 10.2 Å². The van der Waals surface area contributed by atoms with Crippen molar-refractivity contribution in [1.29, 1.82) is 0 Å². The Bertz CT molecular complexity index is 1540. The Morgan fingerprint density at radius 3 is 2.48 bits per heavy atom. The number of nitrogens with one attached hydrogen (secondary N) is 1. The Balaban J connectivity index is 1.50. The van der Waals surface area contributed by atoms with Gasteiger partial charge in [-0.05, 0) is 79.9 Å². The zero-order chi connectivity index (χ0) is 28.5. The van der Waals surface area contributed by atoms with Crippen LogP contribution in [0.5, 0.6) is 17.2 Å². The number of fused-ring (bicyclic) bond motifs is 1. The molecule has 1 aromatic heterocycles. The van der Waals surface area contributed by atoms with Gasteiger partial charge >= 0.3 is 11.9 Å². The molecule has 0 saturated heterocycles. The molecule has 206 valence electrons. The van der Waals surface area contributed by atoms with Crippen molar-refractivity contribution in [2.75, 3.05) is 13.2 Å². The van der Waals surface area contributed by atoms with Gasteiger partial charge in [0.1, 0.15) is 17.9 Å². The van der Waals surface area contributed by atoms with Gasteiger partial charge in [-0.1, -0.05) is 18.2 Å². The van der Waals surface area contributed by atoms with E-state index in [2.05, 4.69) is 17.1 Å². The van der Waals surface area contributed by atoms with Gasteiger partial charge in [-0.2, -0.15) is 5.10 Å². The second-order valence-electron chi connectivity index (χ2n) is 8.67. The zero-order valence-electron chi connectivity index (χ0n) is 22.3. The lowest BCUT2D eigenvalue weighted by atomic mass is 10.1. The number of hydrogen-bond acceptors (Lipinski definition) is 7. The number of nitrogens with zero attached hydrogens (tertiary/aromatic N) is 1. The second-order valence-corrected chi connectivity index (χ2v) is 8.67. The van der Waals surface area contributed by atoms with Crippen LogP contribution in [0.1, 0.15) is 51.5 Å². The van der Waals surface area contributed by atoms with Crippen molar-refractivity contribution < 1.29 is 33.3 Å². The molecular formula is C31H30N2O7. The predicted molar refractivity (Wildman–Crippen MR) is 152 cm³/mol. The summed E-state index contributed by atoms with van der Waals surface area (Å²) < 4.78 is 23.1. The predicted octanol–water partition coefficient (Wildman–Crippen LogP) is 6.00. The van der Waals surface area contributed by atoms with Crippen LogP contribution in [0.25, 0.3) is 11.0 Å². The zero-order valence-corrected chi connectivity index (χ0v) is 22.3. The molecular weight excluding hydrogens is 512 g/mol. The Kier molecular flexibility index (Phi) is 9.19. The van der Waals surface area contributed by atoms with E-state index in [0.717, 1.165) is 16.5 Å². The average Bonchev–Trinajstić information content (AvgIpc) is 3.37. The first-order valence-corrected chi connectivity index (χ1v) is 12.8. The van der Waals surface area contributed by atoms with Gasteiger partial charge in [0, 0.05) is 10.9 Å². The van der Waals surface area contributed by atoms with Crippen molar-refractivity contribution in [3.63, 3.8) is 0 Å². The van der Waals surface area contributed by atoms with E-state index >= 15 is 0 Å². The third-order valence-corrected chi connectivity index (χ3v) is 5.80. The summed E-state index contributed by atoms with van der Waals surface area (Å²) in [5.74, 6) is 0.420. The van der Waals surface area contributed by atoms with Gasteiger partial charge in [0.25, 0.3) is 0 Å². The fraction of sp³-hybridized carbons (Fsp3) is 0.194. The highest BCUT2D eigenvalue weighted by Gasteiger charge is 2.15. The number of hydrogen-bond donors (Lipinski definition) is 2. The molecule has 0 radical (unpaired) electrons. The van der Waals surface area contributed by atoms with Gasteiger partial charge in [-0.3, -0.25) is 4.79 Å². The van der Waals surface area contributed by atoms with Gasteiger partial charge < -0.3 is 23.7 Å². The number of amides is 1. The van der Waals surface area contributed by atoms with E-state index in [1.807, 2.05) is 26.0 Å². The van der Waals surface area contributed by atoms with Crippen LogP contribution in [0.15, 0.2) is 82.8 Å². The molecule has 0 unspecified atom stereocenters. The molecule has 0 spiro atoms. The lowest BCUT2D eigenvalue weighted by Gasteiger charge is -2.17. The highest BCUT2D eigenvalue weighted by atomic mass is 16.5. The molecule has 0 saturated carbocycles. The summed E-state index contributed by atoms with van der Waals surface area (Å²) in [6.45, 7) is 8.78. The largest absolute Gasteiger partial charge is 0.494 e. The Labute approximate surface area is 231 Å². The minimum atomic E-state index is -0.985. The first kappa shape index (κ1) is 28.0. The number of carboxylic acids is 1. The third-order valence-electron chi connectivity index (χ3n) is 5.80. The third kappa shape index (κ3) is 6.87. The summed E-state index contributed by atoms with van der Waals surface area (Å²) in [4.78, 5) is 23.8. The molecule has 0 aliphatic heterocycles. The van der Waals surface area contributed by atoms with E-state index < -0.39 is 11.9 Å². The summed E-state index contributed by atoms with van der Waals surface area (Å²) in [5.41, 5.74) is 5.59. The SMILES string of the molecule is C=CCc1cc(/C=N/NC(=O)c2cc3cc(OCC)ccc3o2)cc(OCC)c1OCc1ccc(C(=O)O)cc1. The summed E-state index contributed by atoms with van der Waals surface area (Å²) in [7, 11) is 0. The fourth-order valence-corrected chi connectivity index (χ4v) is 4.00. The van der Waals surface area contributed by atoms with Gasteiger partial charge in [0.15, 0.2) is 17.3 Å². The second kappa shape index (κ2) is 13.1. The number of allylic oxidation sites excluding steroid dienone is 1. The molecule has 9 nitrogen and oxygen atoms in total. The molecule has 1 heterocycles. The summed E-state index contributed by atoms with van der Waals surface area (Å²) in [6, 6.07) is 17.1. The van der Waals surface area contributed by atoms with E-state index in [9.17, 15) is 9.59 Å². The van der Waals surface area contributed by atoms with E-state index in [-0.39, 0.29) is 17.9 Å². The summed E-state index contributed by atoms with van der Waals surface area (Å²) in [5, 5.41) is 14.0. The van der Waals surface area contributed by atoms with Crippen LogP contribution in [0.4, 0.5) is 0 Å². The number of furan rings is 1. The number of carbonyl (C=O) groups is 2. The minimum Gasteiger partial charge on any atom is -0.494 e. The molecule has 0 bridgehead atoms. The molecule has 1 amide bonds. The van der Waals surface area contributed by atoms with Crippen LogP contribution in [-0.2, 0) is 13.0 Å². The van der Waals surface area contributed by atoms with Crippen LogP contribution in [0.2, 0.25) is 0 Å². The Morgan fingerprint density at radius 1 is 1.00 bits per heavy atom. The number of ether oxygens (including phenoxy) is 3. The van der Waals surface area contributed by atoms with Gasteiger partial charge in [0.2, 0.25) is 0 Å². The lowest BCUT2D eigenvalue weighted by Crippen LogP contribution is -2.16. The number of carboxylic acid groups (broad SMARTS) is 1. The molecule has 4 rings (SSSR count). The van der Waals surface area contributed by atoms with E-state index in [4.69, 9.17) is 23.7 Å². The monoisotopic (exact) mass is 542 g/mol. The molecule has 0 fully saturated rings. The number of rotatable bonds is 13. The van der Waals surface area contributed by atoms with Gasteiger partial charge in [-0.15, -0.1) is 6.58 Å². The van der Waals surface area contributed by atoms with Gasteiger partial charge in [0.05, 0.1) is 25.0 Å². The highest BCUT2D eigenvalue weighted by Crippen LogP contribution is 2.34. The molecule has 2 N–H and O–H groups in total. The molecule has 3 aromatic carbocycles.